The number of nitrogens with one attached hydrogen (secondary N) is 2. The average molecular weight is 430 g/mol. The molecule has 0 atom stereocenters. The van der Waals surface area contributed by atoms with Crippen LogP contribution in [0.3, 0.4) is 0 Å². The number of amides is 1. The van der Waals surface area contributed by atoms with Crippen molar-refractivity contribution in [3.63, 3.8) is 0 Å². The average Bonchev–Trinajstić information content (AvgIpc) is 2.68. The number of hydrogen-bond acceptors (Lipinski definition) is 3. The van der Waals surface area contributed by atoms with Crippen LogP contribution < -0.4 is 10.6 Å². The highest BCUT2D eigenvalue weighted by Crippen LogP contribution is 2.20. The van der Waals surface area contributed by atoms with Crippen LogP contribution in [0.1, 0.15) is 56.6 Å². The van der Waals surface area contributed by atoms with Crippen molar-refractivity contribution in [2.24, 2.45) is 11.8 Å². The molecule has 2 heterocycles. The molecule has 2 aliphatic heterocycles. The lowest BCUT2D eigenvalue weighted by Gasteiger charge is -2.30. The first kappa shape index (κ1) is 25.2. The number of halogens is 2. The van der Waals surface area contributed by atoms with Gasteiger partial charge in [0.1, 0.15) is 0 Å². The SMILES string of the molecule is CC1CCN(Cc2ccccc2CNC(=O)CCC2CCNCC2)CC1.Cl.Cl. The van der Waals surface area contributed by atoms with Crippen LogP contribution in [0, 0.1) is 11.8 Å². The Balaban J connectivity index is 0.00000196. The lowest BCUT2D eigenvalue weighted by molar-refractivity contribution is -0.121. The first-order valence-electron chi connectivity index (χ1n) is 10.5. The van der Waals surface area contributed by atoms with E-state index >= 15 is 0 Å². The maximum Gasteiger partial charge on any atom is 0.220 e. The highest BCUT2D eigenvalue weighted by molar-refractivity contribution is 5.85. The summed E-state index contributed by atoms with van der Waals surface area (Å²) in [6, 6.07) is 8.58. The fourth-order valence-electron chi connectivity index (χ4n) is 4.13. The number of nitrogens with zero attached hydrogens (tertiary/aromatic N) is 1. The van der Waals surface area contributed by atoms with Gasteiger partial charge in [-0.25, -0.2) is 0 Å². The van der Waals surface area contributed by atoms with Crippen LogP contribution in [0.5, 0.6) is 0 Å². The predicted octanol–water partition coefficient (Wildman–Crippen LogP) is 4.16. The molecule has 2 fully saturated rings. The van der Waals surface area contributed by atoms with Gasteiger partial charge >= 0.3 is 0 Å². The number of carbonyl (C=O) groups excluding carboxylic acids is 1. The summed E-state index contributed by atoms with van der Waals surface area (Å²) < 4.78 is 0. The van der Waals surface area contributed by atoms with E-state index in [2.05, 4.69) is 46.7 Å². The van der Waals surface area contributed by atoms with Crippen molar-refractivity contribution < 1.29 is 4.79 Å². The summed E-state index contributed by atoms with van der Waals surface area (Å²) in [5.74, 6) is 1.78. The second-order valence-electron chi connectivity index (χ2n) is 8.24. The summed E-state index contributed by atoms with van der Waals surface area (Å²) in [6.07, 6.45) is 6.72. The molecule has 2 saturated heterocycles. The molecule has 0 spiro atoms. The van der Waals surface area contributed by atoms with Crippen molar-refractivity contribution in [3.05, 3.63) is 35.4 Å². The fraction of sp³-hybridized carbons (Fsp3) is 0.682. The molecule has 1 aromatic rings. The normalized spacial score (nSPS) is 18.8. The van der Waals surface area contributed by atoms with Crippen LogP contribution in [-0.4, -0.2) is 37.0 Å². The van der Waals surface area contributed by atoms with E-state index in [1.807, 2.05) is 0 Å². The molecule has 160 valence electrons. The Labute approximate surface area is 183 Å². The van der Waals surface area contributed by atoms with Crippen molar-refractivity contribution in [2.45, 2.75) is 58.5 Å². The molecule has 3 rings (SSSR count). The van der Waals surface area contributed by atoms with Crippen molar-refractivity contribution >= 4 is 30.7 Å². The molecule has 0 unspecified atom stereocenters. The van der Waals surface area contributed by atoms with Gasteiger partial charge < -0.3 is 10.6 Å². The van der Waals surface area contributed by atoms with Crippen molar-refractivity contribution in [3.8, 4) is 0 Å². The van der Waals surface area contributed by atoms with E-state index in [1.165, 1.54) is 49.9 Å². The largest absolute Gasteiger partial charge is 0.352 e. The fourth-order valence-corrected chi connectivity index (χ4v) is 4.13. The standard InChI is InChI=1S/C22H35N3O.2ClH/c1-18-10-14-25(15-11-18)17-21-5-3-2-4-20(21)16-24-22(26)7-6-19-8-12-23-13-9-19;;/h2-5,18-19,23H,6-17H2,1H3,(H,24,26);2*1H. The van der Waals surface area contributed by atoms with Crippen molar-refractivity contribution in [2.75, 3.05) is 26.2 Å². The number of benzene rings is 1. The molecule has 28 heavy (non-hydrogen) atoms. The van der Waals surface area contributed by atoms with E-state index in [0.29, 0.717) is 13.0 Å². The van der Waals surface area contributed by atoms with Gasteiger partial charge in [0.2, 0.25) is 5.91 Å². The first-order valence-corrected chi connectivity index (χ1v) is 10.5. The summed E-state index contributed by atoms with van der Waals surface area (Å²) in [5.41, 5.74) is 2.63. The number of hydrogen-bond donors (Lipinski definition) is 2. The molecule has 0 aromatic heterocycles. The monoisotopic (exact) mass is 429 g/mol. The molecule has 2 N–H and O–H groups in total. The minimum Gasteiger partial charge on any atom is -0.352 e. The molecule has 0 saturated carbocycles. The molecule has 0 aliphatic carbocycles. The van der Waals surface area contributed by atoms with Crippen LogP contribution >= 0.6 is 24.8 Å². The third-order valence-corrected chi connectivity index (χ3v) is 6.10. The number of likely N-dealkylation sites (tertiary alicyclic amines) is 1. The van der Waals surface area contributed by atoms with E-state index in [-0.39, 0.29) is 30.7 Å². The zero-order valence-corrected chi connectivity index (χ0v) is 18.8. The molecule has 4 nitrogen and oxygen atoms in total. The second kappa shape index (κ2) is 13.4. The number of rotatable bonds is 7. The minimum atomic E-state index is 0. The third-order valence-electron chi connectivity index (χ3n) is 6.10. The van der Waals surface area contributed by atoms with Gasteiger partial charge in [-0.1, -0.05) is 31.2 Å². The van der Waals surface area contributed by atoms with E-state index in [1.54, 1.807) is 0 Å². The molecular weight excluding hydrogens is 393 g/mol. The highest BCUT2D eigenvalue weighted by atomic mass is 35.5. The maximum atomic E-state index is 12.3. The zero-order chi connectivity index (χ0) is 18.2. The zero-order valence-electron chi connectivity index (χ0n) is 17.1. The molecule has 1 amide bonds. The van der Waals surface area contributed by atoms with E-state index in [4.69, 9.17) is 0 Å². The minimum absolute atomic E-state index is 0. The summed E-state index contributed by atoms with van der Waals surface area (Å²) in [6.45, 7) is 8.62. The van der Waals surface area contributed by atoms with E-state index in [0.717, 1.165) is 37.9 Å². The maximum absolute atomic E-state index is 12.3. The highest BCUT2D eigenvalue weighted by Gasteiger charge is 2.17. The first-order chi connectivity index (χ1) is 12.7. The van der Waals surface area contributed by atoms with Gasteiger partial charge in [-0.3, -0.25) is 9.69 Å². The third kappa shape index (κ3) is 8.28. The molecule has 2 aliphatic rings. The number of carbonyl (C=O) groups is 1. The predicted molar refractivity (Wildman–Crippen MR) is 121 cm³/mol. The Hall–Kier alpha value is -0.810. The Morgan fingerprint density at radius 1 is 1.07 bits per heavy atom. The van der Waals surface area contributed by atoms with Gasteiger partial charge in [-0.05, 0) is 81.2 Å². The van der Waals surface area contributed by atoms with Crippen LogP contribution in [0.2, 0.25) is 0 Å². The smallest absolute Gasteiger partial charge is 0.220 e. The molecule has 0 bridgehead atoms. The second-order valence-corrected chi connectivity index (χ2v) is 8.24. The van der Waals surface area contributed by atoms with Crippen LogP contribution in [0.25, 0.3) is 0 Å². The Morgan fingerprint density at radius 2 is 1.71 bits per heavy atom. The van der Waals surface area contributed by atoms with E-state index in [9.17, 15) is 4.79 Å². The van der Waals surface area contributed by atoms with Gasteiger partial charge in [-0.2, -0.15) is 0 Å². The topological polar surface area (TPSA) is 44.4 Å². The Bertz CT molecular complexity index is 571. The van der Waals surface area contributed by atoms with Crippen molar-refractivity contribution in [1.82, 2.24) is 15.5 Å². The quantitative estimate of drug-likeness (QED) is 0.683. The Kier molecular flexibility index (Phi) is 12.1. The van der Waals surface area contributed by atoms with Crippen LogP contribution in [-0.2, 0) is 17.9 Å². The van der Waals surface area contributed by atoms with Crippen LogP contribution in [0.15, 0.2) is 24.3 Å². The van der Waals surface area contributed by atoms with Crippen molar-refractivity contribution in [1.29, 1.82) is 0 Å². The van der Waals surface area contributed by atoms with Gasteiger partial charge in [0.05, 0.1) is 0 Å². The lowest BCUT2D eigenvalue weighted by Crippen LogP contribution is -2.33. The van der Waals surface area contributed by atoms with Gasteiger partial charge in [-0.15, -0.1) is 24.8 Å². The van der Waals surface area contributed by atoms with Crippen LogP contribution in [0.4, 0.5) is 0 Å². The van der Waals surface area contributed by atoms with Gasteiger partial charge in [0.15, 0.2) is 0 Å². The molecular formula is C22H37Cl2N3O. The molecule has 1 aromatic carbocycles. The summed E-state index contributed by atoms with van der Waals surface area (Å²) in [4.78, 5) is 14.8. The van der Waals surface area contributed by atoms with Gasteiger partial charge in [0, 0.05) is 19.5 Å². The van der Waals surface area contributed by atoms with Gasteiger partial charge in [0.25, 0.3) is 0 Å². The number of piperidine rings is 2. The summed E-state index contributed by atoms with van der Waals surface area (Å²) >= 11 is 0. The van der Waals surface area contributed by atoms with E-state index < -0.39 is 0 Å². The lowest BCUT2D eigenvalue weighted by atomic mass is 9.93. The molecule has 6 heteroatoms. The Morgan fingerprint density at radius 3 is 2.39 bits per heavy atom. The summed E-state index contributed by atoms with van der Waals surface area (Å²) in [5, 5.41) is 6.54. The summed E-state index contributed by atoms with van der Waals surface area (Å²) in [7, 11) is 0. The molecule has 0 radical (unpaired) electrons.